The predicted molar refractivity (Wildman–Crippen MR) is 85.0 cm³/mol. The van der Waals surface area contributed by atoms with Crippen LogP contribution < -0.4 is 4.74 Å². The van der Waals surface area contributed by atoms with Gasteiger partial charge in [-0.25, -0.2) is 9.18 Å². The number of aromatic amines is 1. The maximum absolute atomic E-state index is 14.5. The van der Waals surface area contributed by atoms with Gasteiger partial charge in [-0.05, 0) is 30.7 Å². The number of halogens is 1. The fourth-order valence-corrected chi connectivity index (χ4v) is 2.31. The Morgan fingerprint density at radius 2 is 1.96 bits per heavy atom. The summed E-state index contributed by atoms with van der Waals surface area (Å²) in [6.45, 7) is 2.26. The summed E-state index contributed by atoms with van der Waals surface area (Å²) in [6, 6.07) is 14.2. The first-order chi connectivity index (χ1) is 11.2. The van der Waals surface area contributed by atoms with Crippen molar-refractivity contribution in [3.63, 3.8) is 0 Å². The van der Waals surface area contributed by atoms with E-state index in [0.717, 1.165) is 5.56 Å². The number of carbonyl (C=O) groups is 1. The number of carbonyl (C=O) groups excluding carboxylic acids is 1. The van der Waals surface area contributed by atoms with Crippen molar-refractivity contribution in [3.8, 4) is 5.75 Å². The van der Waals surface area contributed by atoms with Gasteiger partial charge in [-0.15, -0.1) is 0 Å². The molecule has 0 radical (unpaired) electrons. The van der Waals surface area contributed by atoms with E-state index in [1.807, 2.05) is 30.3 Å². The van der Waals surface area contributed by atoms with Gasteiger partial charge < -0.3 is 14.5 Å². The summed E-state index contributed by atoms with van der Waals surface area (Å²) >= 11 is 0. The first-order valence-corrected chi connectivity index (χ1v) is 7.34. The number of rotatable bonds is 5. The van der Waals surface area contributed by atoms with E-state index in [-0.39, 0.29) is 24.7 Å². The topological polar surface area (TPSA) is 51.3 Å². The molecule has 118 valence electrons. The Kier molecular flexibility index (Phi) is 4.28. The van der Waals surface area contributed by atoms with Gasteiger partial charge in [0.25, 0.3) is 0 Å². The fourth-order valence-electron chi connectivity index (χ4n) is 2.31. The third kappa shape index (κ3) is 3.18. The third-order valence-corrected chi connectivity index (χ3v) is 3.43. The summed E-state index contributed by atoms with van der Waals surface area (Å²) in [5, 5.41) is 0.304. The van der Waals surface area contributed by atoms with Crippen LogP contribution in [0.1, 0.15) is 23.0 Å². The van der Waals surface area contributed by atoms with Crippen LogP contribution in [0, 0.1) is 5.82 Å². The van der Waals surface area contributed by atoms with Gasteiger partial charge in [-0.2, -0.15) is 0 Å². The maximum atomic E-state index is 14.5. The highest BCUT2D eigenvalue weighted by molar-refractivity contribution is 5.95. The molecule has 5 heteroatoms. The predicted octanol–water partition coefficient (Wildman–Crippen LogP) is 4.06. The van der Waals surface area contributed by atoms with Gasteiger partial charge in [0.15, 0.2) is 11.6 Å². The Hall–Kier alpha value is -2.82. The molecule has 0 aliphatic carbocycles. The monoisotopic (exact) mass is 313 g/mol. The number of hydrogen-bond acceptors (Lipinski definition) is 3. The second kappa shape index (κ2) is 6.52. The molecule has 3 aromatic rings. The van der Waals surface area contributed by atoms with Crippen LogP contribution in [0.5, 0.6) is 5.75 Å². The van der Waals surface area contributed by atoms with E-state index in [2.05, 4.69) is 4.98 Å². The number of nitrogens with one attached hydrogen (secondary N) is 1. The van der Waals surface area contributed by atoms with Crippen molar-refractivity contribution in [2.45, 2.75) is 13.5 Å². The maximum Gasteiger partial charge on any atom is 0.354 e. The van der Waals surface area contributed by atoms with Crippen molar-refractivity contribution in [3.05, 3.63) is 65.6 Å². The molecule has 0 amide bonds. The average molecular weight is 313 g/mol. The Labute approximate surface area is 132 Å². The van der Waals surface area contributed by atoms with E-state index >= 15 is 0 Å². The Balaban J connectivity index is 1.85. The van der Waals surface area contributed by atoms with Crippen LogP contribution in [0.15, 0.2) is 48.5 Å². The van der Waals surface area contributed by atoms with Crippen LogP contribution in [0.4, 0.5) is 4.39 Å². The van der Waals surface area contributed by atoms with Crippen molar-refractivity contribution in [1.29, 1.82) is 0 Å². The minimum absolute atomic E-state index is 0.149. The first-order valence-electron chi connectivity index (χ1n) is 7.34. The van der Waals surface area contributed by atoms with E-state index in [1.54, 1.807) is 19.1 Å². The highest BCUT2D eigenvalue weighted by atomic mass is 19.1. The second-order valence-electron chi connectivity index (χ2n) is 5.02. The zero-order valence-corrected chi connectivity index (χ0v) is 12.6. The zero-order chi connectivity index (χ0) is 16.2. The highest BCUT2D eigenvalue weighted by Gasteiger charge is 2.15. The lowest BCUT2D eigenvalue weighted by atomic mass is 10.2. The summed E-state index contributed by atoms with van der Waals surface area (Å²) in [5.41, 5.74) is 1.70. The molecule has 0 aliphatic rings. The second-order valence-corrected chi connectivity index (χ2v) is 5.02. The summed E-state index contributed by atoms with van der Waals surface area (Å²) in [4.78, 5) is 14.6. The molecule has 0 unspecified atom stereocenters. The number of H-pyrrole nitrogens is 1. The Bertz CT molecular complexity index is 827. The molecule has 0 atom stereocenters. The van der Waals surface area contributed by atoms with Crippen LogP contribution in [0.25, 0.3) is 10.9 Å². The van der Waals surface area contributed by atoms with Crippen molar-refractivity contribution in [2.24, 2.45) is 0 Å². The lowest BCUT2D eigenvalue weighted by molar-refractivity contribution is 0.0520. The summed E-state index contributed by atoms with van der Waals surface area (Å²) in [6.07, 6.45) is 0. The molecule has 0 saturated heterocycles. The molecule has 1 aromatic heterocycles. The van der Waals surface area contributed by atoms with Gasteiger partial charge in [-0.1, -0.05) is 30.3 Å². The number of ether oxygens (including phenoxy) is 2. The molecular formula is C18H16FNO3. The van der Waals surface area contributed by atoms with Gasteiger partial charge >= 0.3 is 5.97 Å². The fraction of sp³-hybridized carbons (Fsp3) is 0.167. The molecule has 0 saturated carbocycles. The van der Waals surface area contributed by atoms with Gasteiger partial charge in [0.1, 0.15) is 12.3 Å². The van der Waals surface area contributed by atoms with Gasteiger partial charge in [-0.3, -0.25) is 0 Å². The molecular weight excluding hydrogens is 297 g/mol. The molecule has 1 N–H and O–H groups in total. The molecule has 0 aliphatic heterocycles. The number of fused-ring (bicyclic) bond motifs is 1. The van der Waals surface area contributed by atoms with E-state index < -0.39 is 11.8 Å². The molecule has 1 heterocycles. The van der Waals surface area contributed by atoms with Gasteiger partial charge in [0.05, 0.1) is 6.61 Å². The van der Waals surface area contributed by atoms with Crippen LogP contribution in [0.2, 0.25) is 0 Å². The number of aromatic nitrogens is 1. The van der Waals surface area contributed by atoms with E-state index in [4.69, 9.17) is 9.47 Å². The van der Waals surface area contributed by atoms with Crippen molar-refractivity contribution in [1.82, 2.24) is 4.98 Å². The number of esters is 1. The van der Waals surface area contributed by atoms with Gasteiger partial charge in [0, 0.05) is 10.9 Å². The zero-order valence-electron chi connectivity index (χ0n) is 12.6. The molecule has 0 fully saturated rings. The van der Waals surface area contributed by atoms with Crippen LogP contribution in [0.3, 0.4) is 0 Å². The van der Waals surface area contributed by atoms with E-state index in [9.17, 15) is 9.18 Å². The largest absolute Gasteiger partial charge is 0.486 e. The van der Waals surface area contributed by atoms with Gasteiger partial charge in [0.2, 0.25) is 0 Å². The first kappa shape index (κ1) is 15.1. The SMILES string of the molecule is CCOC(=O)c1cc2c(F)c(OCc3ccccc3)ccc2[nH]1. The molecule has 4 nitrogen and oxygen atoms in total. The van der Waals surface area contributed by atoms with Crippen LogP contribution >= 0.6 is 0 Å². The number of hydrogen-bond donors (Lipinski definition) is 1. The average Bonchev–Trinajstić information content (AvgIpc) is 3.01. The van der Waals surface area contributed by atoms with Crippen LogP contribution in [-0.2, 0) is 11.3 Å². The summed E-state index contributed by atoms with van der Waals surface area (Å²) in [5.74, 6) is -0.851. The summed E-state index contributed by atoms with van der Waals surface area (Å²) in [7, 11) is 0. The van der Waals surface area contributed by atoms with Crippen molar-refractivity contribution >= 4 is 16.9 Å². The lowest BCUT2D eigenvalue weighted by Crippen LogP contribution is -2.04. The lowest BCUT2D eigenvalue weighted by Gasteiger charge is -2.07. The standard InChI is InChI=1S/C18H16FNO3/c1-2-22-18(21)15-10-13-14(20-15)8-9-16(17(13)19)23-11-12-6-4-3-5-7-12/h3-10,20H,2,11H2,1H3. The normalized spacial score (nSPS) is 10.7. The van der Waals surface area contributed by atoms with Crippen molar-refractivity contribution in [2.75, 3.05) is 6.61 Å². The smallest absolute Gasteiger partial charge is 0.354 e. The van der Waals surface area contributed by atoms with Crippen molar-refractivity contribution < 1.29 is 18.7 Å². The van der Waals surface area contributed by atoms with Crippen LogP contribution in [-0.4, -0.2) is 17.6 Å². The minimum atomic E-state index is -0.505. The molecule has 0 spiro atoms. The van der Waals surface area contributed by atoms with E-state index in [1.165, 1.54) is 6.07 Å². The number of benzene rings is 2. The Morgan fingerprint density at radius 1 is 1.17 bits per heavy atom. The summed E-state index contributed by atoms with van der Waals surface area (Å²) < 4.78 is 25.0. The molecule has 0 bridgehead atoms. The molecule has 2 aromatic carbocycles. The minimum Gasteiger partial charge on any atom is -0.486 e. The third-order valence-electron chi connectivity index (χ3n) is 3.43. The Morgan fingerprint density at radius 3 is 2.70 bits per heavy atom. The molecule has 3 rings (SSSR count). The molecule has 23 heavy (non-hydrogen) atoms. The highest BCUT2D eigenvalue weighted by Crippen LogP contribution is 2.28. The quantitative estimate of drug-likeness (QED) is 0.723. The van der Waals surface area contributed by atoms with E-state index in [0.29, 0.717) is 10.9 Å².